The number of carbonyl (C=O) groups excluding carboxylic acids is 2. The third-order valence-electron chi connectivity index (χ3n) is 5.32. The fraction of sp³-hybridized carbons (Fsp3) is 0.500. The number of hydrogen-bond donors (Lipinski definition) is 2. The van der Waals surface area contributed by atoms with Crippen molar-refractivity contribution in [3.05, 3.63) is 51.2 Å². The minimum absolute atomic E-state index is 0.106. The number of nitrogens with zero attached hydrogens (tertiary/aromatic N) is 2. The maximum atomic E-state index is 12.8. The Balaban J connectivity index is 1.98. The van der Waals surface area contributed by atoms with E-state index < -0.39 is 23.0 Å². The lowest BCUT2D eigenvalue weighted by atomic mass is 9.94. The molecule has 2 N–H and O–H groups in total. The van der Waals surface area contributed by atoms with Crippen molar-refractivity contribution in [1.29, 1.82) is 0 Å². The molecular weight excluding hydrogens is 376 g/mol. The Bertz CT molecular complexity index is 830. The zero-order chi connectivity index (χ0) is 21.0. The van der Waals surface area contributed by atoms with Crippen LogP contribution in [0.3, 0.4) is 0 Å². The number of nitro groups is 1. The second-order valence-corrected chi connectivity index (χ2v) is 7.45. The molecule has 29 heavy (non-hydrogen) atoms. The van der Waals surface area contributed by atoms with E-state index in [2.05, 4.69) is 22.5 Å². The highest BCUT2D eigenvalue weighted by molar-refractivity contribution is 5.95. The lowest BCUT2D eigenvalue weighted by Gasteiger charge is -2.34. The number of rotatable bonds is 6. The van der Waals surface area contributed by atoms with E-state index in [1.807, 2.05) is 0 Å². The summed E-state index contributed by atoms with van der Waals surface area (Å²) in [6.45, 7) is 6.29. The Morgan fingerprint density at radius 2 is 2.07 bits per heavy atom. The fourth-order valence-corrected chi connectivity index (χ4v) is 3.70. The summed E-state index contributed by atoms with van der Waals surface area (Å²) in [5.41, 5.74) is 1.12. The number of esters is 1. The number of urea groups is 1. The summed E-state index contributed by atoms with van der Waals surface area (Å²) in [6, 6.07) is 4.67. The molecule has 0 aliphatic carbocycles. The van der Waals surface area contributed by atoms with Gasteiger partial charge in [0.25, 0.3) is 5.69 Å². The molecule has 1 aromatic rings. The van der Waals surface area contributed by atoms with Crippen LogP contribution in [0.25, 0.3) is 0 Å². The number of non-ortho nitro benzene ring substituents is 1. The Kier molecular flexibility index (Phi) is 6.48. The van der Waals surface area contributed by atoms with Crippen LogP contribution in [-0.2, 0) is 9.53 Å². The summed E-state index contributed by atoms with van der Waals surface area (Å²) in [7, 11) is 0. The van der Waals surface area contributed by atoms with Crippen LogP contribution in [0.2, 0.25) is 0 Å². The number of nitro benzene ring substituents is 1. The number of likely N-dealkylation sites (tertiary alicyclic amines) is 1. The highest BCUT2D eigenvalue weighted by atomic mass is 16.6. The van der Waals surface area contributed by atoms with Crippen LogP contribution in [0, 0.1) is 16.0 Å². The Morgan fingerprint density at radius 1 is 1.34 bits per heavy atom. The topological polar surface area (TPSA) is 114 Å². The van der Waals surface area contributed by atoms with Gasteiger partial charge in [-0.05, 0) is 44.3 Å². The normalized spacial score (nSPS) is 20.8. The molecule has 0 aromatic heterocycles. The Hall–Kier alpha value is -2.94. The number of ether oxygens (including phenoxy) is 1. The second-order valence-electron chi connectivity index (χ2n) is 7.45. The lowest BCUT2D eigenvalue weighted by molar-refractivity contribution is -0.384. The molecule has 1 atom stereocenters. The lowest BCUT2D eigenvalue weighted by Crippen LogP contribution is -2.49. The van der Waals surface area contributed by atoms with E-state index in [4.69, 9.17) is 4.74 Å². The van der Waals surface area contributed by atoms with Crippen molar-refractivity contribution >= 4 is 17.7 Å². The van der Waals surface area contributed by atoms with Gasteiger partial charge in [0, 0.05) is 24.4 Å². The standard InChI is InChI=1S/C20H26N4O5/c1-3-29-19(25)17-16(12-23-9-7-13(2)8-10-23)21-20(26)22-18(17)14-5-4-6-15(11-14)24(27)28/h4-6,11,13,18H,3,7-10,12H2,1-2H3,(H2,21,22,26)/t18-/m1/s1. The predicted molar refractivity (Wildman–Crippen MR) is 106 cm³/mol. The van der Waals surface area contributed by atoms with Crippen molar-refractivity contribution < 1.29 is 19.2 Å². The van der Waals surface area contributed by atoms with Crippen molar-refractivity contribution in [2.75, 3.05) is 26.2 Å². The molecule has 0 radical (unpaired) electrons. The van der Waals surface area contributed by atoms with E-state index in [1.54, 1.807) is 13.0 Å². The highest BCUT2D eigenvalue weighted by Gasteiger charge is 2.35. The SMILES string of the molecule is CCOC(=O)C1=C(CN2CCC(C)CC2)NC(=O)N[C@@H]1c1cccc([N+](=O)[O-])c1. The van der Waals surface area contributed by atoms with Crippen LogP contribution < -0.4 is 10.6 Å². The van der Waals surface area contributed by atoms with Gasteiger partial charge in [-0.3, -0.25) is 15.0 Å². The second kappa shape index (κ2) is 9.04. The van der Waals surface area contributed by atoms with Gasteiger partial charge in [0.2, 0.25) is 0 Å². The van der Waals surface area contributed by atoms with Crippen molar-refractivity contribution in [3.63, 3.8) is 0 Å². The average molecular weight is 402 g/mol. The molecule has 1 saturated heterocycles. The molecule has 9 nitrogen and oxygen atoms in total. The zero-order valence-corrected chi connectivity index (χ0v) is 16.6. The van der Waals surface area contributed by atoms with E-state index in [0.29, 0.717) is 23.7 Å². The molecular formula is C20H26N4O5. The average Bonchev–Trinajstić information content (AvgIpc) is 2.69. The smallest absolute Gasteiger partial charge is 0.338 e. The Labute approximate surface area is 169 Å². The number of amides is 2. The Morgan fingerprint density at radius 3 is 2.72 bits per heavy atom. The van der Waals surface area contributed by atoms with Gasteiger partial charge in [-0.15, -0.1) is 0 Å². The van der Waals surface area contributed by atoms with Crippen LogP contribution in [0.1, 0.15) is 38.3 Å². The van der Waals surface area contributed by atoms with E-state index in [-0.39, 0.29) is 17.9 Å². The van der Waals surface area contributed by atoms with Gasteiger partial charge >= 0.3 is 12.0 Å². The number of benzene rings is 1. The number of hydrogen-bond acceptors (Lipinski definition) is 6. The van der Waals surface area contributed by atoms with Gasteiger partial charge < -0.3 is 15.4 Å². The molecule has 0 spiro atoms. The third-order valence-corrected chi connectivity index (χ3v) is 5.32. The molecule has 2 aliphatic heterocycles. The summed E-state index contributed by atoms with van der Waals surface area (Å²) in [4.78, 5) is 38.0. The van der Waals surface area contributed by atoms with Gasteiger partial charge in [0.15, 0.2) is 0 Å². The molecule has 0 saturated carbocycles. The molecule has 9 heteroatoms. The first-order valence-electron chi connectivity index (χ1n) is 9.83. The van der Waals surface area contributed by atoms with Crippen molar-refractivity contribution in [3.8, 4) is 0 Å². The molecule has 156 valence electrons. The van der Waals surface area contributed by atoms with Gasteiger partial charge in [-0.1, -0.05) is 19.1 Å². The molecule has 1 fully saturated rings. The molecule has 2 amide bonds. The summed E-state index contributed by atoms with van der Waals surface area (Å²) in [5, 5.41) is 16.6. The molecule has 0 unspecified atom stereocenters. The summed E-state index contributed by atoms with van der Waals surface area (Å²) >= 11 is 0. The molecule has 1 aromatic carbocycles. The zero-order valence-electron chi connectivity index (χ0n) is 16.6. The van der Waals surface area contributed by atoms with Crippen LogP contribution in [-0.4, -0.2) is 48.1 Å². The minimum Gasteiger partial charge on any atom is -0.463 e. The van der Waals surface area contributed by atoms with Crippen LogP contribution >= 0.6 is 0 Å². The van der Waals surface area contributed by atoms with Crippen molar-refractivity contribution in [2.24, 2.45) is 5.92 Å². The minimum atomic E-state index is -0.818. The van der Waals surface area contributed by atoms with E-state index in [0.717, 1.165) is 25.9 Å². The molecule has 3 rings (SSSR count). The molecule has 0 bridgehead atoms. The highest BCUT2D eigenvalue weighted by Crippen LogP contribution is 2.30. The van der Waals surface area contributed by atoms with Crippen molar-refractivity contribution in [2.45, 2.75) is 32.7 Å². The van der Waals surface area contributed by atoms with Crippen molar-refractivity contribution in [1.82, 2.24) is 15.5 Å². The van der Waals surface area contributed by atoms with Crippen LogP contribution in [0.4, 0.5) is 10.5 Å². The van der Waals surface area contributed by atoms with Gasteiger partial charge in [-0.2, -0.15) is 0 Å². The van der Waals surface area contributed by atoms with E-state index in [9.17, 15) is 19.7 Å². The summed E-state index contributed by atoms with van der Waals surface area (Å²) < 4.78 is 5.24. The predicted octanol–water partition coefficient (Wildman–Crippen LogP) is 2.50. The third kappa shape index (κ3) is 4.92. The summed E-state index contributed by atoms with van der Waals surface area (Å²) in [6.07, 6.45) is 2.12. The van der Waals surface area contributed by atoms with Crippen LogP contribution in [0.5, 0.6) is 0 Å². The van der Waals surface area contributed by atoms with E-state index >= 15 is 0 Å². The number of piperidine rings is 1. The van der Waals surface area contributed by atoms with Crippen LogP contribution in [0.15, 0.2) is 35.5 Å². The largest absolute Gasteiger partial charge is 0.463 e. The number of carbonyl (C=O) groups is 2. The summed E-state index contributed by atoms with van der Waals surface area (Å²) in [5.74, 6) is 0.113. The van der Waals surface area contributed by atoms with Gasteiger partial charge in [0.1, 0.15) is 0 Å². The van der Waals surface area contributed by atoms with E-state index in [1.165, 1.54) is 18.2 Å². The number of nitrogens with one attached hydrogen (secondary N) is 2. The first-order valence-corrected chi connectivity index (χ1v) is 9.83. The maximum Gasteiger partial charge on any atom is 0.338 e. The van der Waals surface area contributed by atoms with Gasteiger partial charge in [-0.25, -0.2) is 9.59 Å². The maximum absolute atomic E-state index is 12.8. The first-order chi connectivity index (χ1) is 13.9. The quantitative estimate of drug-likeness (QED) is 0.429. The fourth-order valence-electron chi connectivity index (χ4n) is 3.70. The van der Waals surface area contributed by atoms with Gasteiger partial charge in [0.05, 0.1) is 23.1 Å². The monoisotopic (exact) mass is 402 g/mol. The molecule has 2 aliphatic rings. The molecule has 2 heterocycles. The first kappa shape index (κ1) is 20.8.